The van der Waals surface area contributed by atoms with Crippen molar-refractivity contribution in [2.75, 3.05) is 11.5 Å². The third-order valence-electron chi connectivity index (χ3n) is 3.20. The fourth-order valence-electron chi connectivity index (χ4n) is 2.16. The summed E-state index contributed by atoms with van der Waals surface area (Å²) >= 11 is 0. The molecule has 2 rings (SSSR count). The number of sulfone groups is 1. The molecule has 0 radical (unpaired) electrons. The lowest BCUT2D eigenvalue weighted by atomic mass is 10.0. The number of nitrogens with two attached hydrogens (primary N) is 1. The summed E-state index contributed by atoms with van der Waals surface area (Å²) in [5.41, 5.74) is 5.01. The Morgan fingerprint density at radius 3 is 2.60 bits per heavy atom. The van der Waals surface area contributed by atoms with E-state index >= 15 is 0 Å². The molecule has 1 aromatic rings. The van der Waals surface area contributed by atoms with Crippen LogP contribution in [0.1, 0.15) is 19.0 Å². The number of aromatic nitrogens is 1. The highest BCUT2D eigenvalue weighted by Crippen LogP contribution is 2.25. The standard InChI is InChI=1S/C11H17N3O4S2/c1-11(4-5-19(15,16)8-11)14-20(17,18)10-3-2-9(6-12)13-7-10/h2-3,7,14H,4-6,8,12H2,1H3. The van der Waals surface area contributed by atoms with Crippen LogP contribution in [0.2, 0.25) is 0 Å². The first-order chi connectivity index (χ1) is 9.16. The lowest BCUT2D eigenvalue weighted by Gasteiger charge is -2.23. The van der Waals surface area contributed by atoms with E-state index in [1.54, 1.807) is 6.92 Å². The predicted molar refractivity (Wildman–Crippen MR) is 74.1 cm³/mol. The summed E-state index contributed by atoms with van der Waals surface area (Å²) in [5, 5.41) is 0. The summed E-state index contributed by atoms with van der Waals surface area (Å²) in [6, 6.07) is 2.94. The SMILES string of the molecule is CC1(NS(=O)(=O)c2ccc(CN)nc2)CCS(=O)(=O)C1. The Hall–Kier alpha value is -1.03. The van der Waals surface area contributed by atoms with Crippen molar-refractivity contribution in [1.29, 1.82) is 0 Å². The number of pyridine rings is 1. The summed E-state index contributed by atoms with van der Waals surface area (Å²) in [5.74, 6) is -0.191. The smallest absolute Gasteiger partial charge is 0.242 e. The second-order valence-electron chi connectivity index (χ2n) is 5.20. The maximum atomic E-state index is 12.2. The third kappa shape index (κ3) is 3.35. The highest BCUT2D eigenvalue weighted by atomic mass is 32.2. The van der Waals surface area contributed by atoms with Gasteiger partial charge in [-0.2, -0.15) is 0 Å². The molecule has 0 spiro atoms. The third-order valence-corrected chi connectivity index (χ3v) is 6.73. The molecular formula is C11H17N3O4S2. The van der Waals surface area contributed by atoms with Crippen LogP contribution < -0.4 is 10.5 Å². The van der Waals surface area contributed by atoms with Crippen molar-refractivity contribution >= 4 is 19.9 Å². The summed E-state index contributed by atoms with van der Waals surface area (Å²) < 4.78 is 49.9. The van der Waals surface area contributed by atoms with E-state index in [2.05, 4.69) is 9.71 Å². The number of rotatable bonds is 4. The van der Waals surface area contributed by atoms with Gasteiger partial charge in [-0.1, -0.05) is 0 Å². The Morgan fingerprint density at radius 2 is 2.15 bits per heavy atom. The first kappa shape index (κ1) is 15.4. The van der Waals surface area contributed by atoms with Crippen LogP contribution in [0.25, 0.3) is 0 Å². The topological polar surface area (TPSA) is 119 Å². The van der Waals surface area contributed by atoms with Crippen molar-refractivity contribution in [3.05, 3.63) is 24.0 Å². The van der Waals surface area contributed by atoms with Gasteiger partial charge in [-0.15, -0.1) is 0 Å². The highest BCUT2D eigenvalue weighted by molar-refractivity contribution is 7.92. The molecule has 0 amide bonds. The Kier molecular flexibility index (Phi) is 3.89. The number of sulfonamides is 1. The molecule has 3 N–H and O–H groups in total. The normalized spacial score (nSPS) is 25.7. The van der Waals surface area contributed by atoms with Gasteiger partial charge in [0, 0.05) is 18.3 Å². The van der Waals surface area contributed by atoms with Crippen molar-refractivity contribution in [2.45, 2.75) is 30.3 Å². The van der Waals surface area contributed by atoms with Crippen LogP contribution in [-0.4, -0.2) is 38.9 Å². The number of hydrogen-bond acceptors (Lipinski definition) is 6. The van der Waals surface area contributed by atoms with Gasteiger partial charge in [0.1, 0.15) is 4.90 Å². The zero-order valence-corrected chi connectivity index (χ0v) is 12.7. The van der Waals surface area contributed by atoms with Crippen molar-refractivity contribution in [3.63, 3.8) is 0 Å². The maximum Gasteiger partial charge on any atom is 0.242 e. The van der Waals surface area contributed by atoms with E-state index in [4.69, 9.17) is 5.73 Å². The molecule has 20 heavy (non-hydrogen) atoms. The zero-order valence-electron chi connectivity index (χ0n) is 11.0. The molecular weight excluding hydrogens is 302 g/mol. The Morgan fingerprint density at radius 1 is 1.45 bits per heavy atom. The van der Waals surface area contributed by atoms with Crippen LogP contribution in [0, 0.1) is 0 Å². The van der Waals surface area contributed by atoms with Gasteiger partial charge in [-0.3, -0.25) is 4.98 Å². The molecule has 1 unspecified atom stereocenters. The molecule has 1 aromatic heterocycles. The summed E-state index contributed by atoms with van der Waals surface area (Å²) in [6.45, 7) is 1.82. The molecule has 112 valence electrons. The van der Waals surface area contributed by atoms with Crippen LogP contribution in [-0.2, 0) is 26.4 Å². The molecule has 1 aliphatic heterocycles. The quantitative estimate of drug-likeness (QED) is 0.764. The minimum Gasteiger partial charge on any atom is -0.325 e. The first-order valence-corrected chi connectivity index (χ1v) is 9.36. The van der Waals surface area contributed by atoms with Gasteiger partial charge in [0.2, 0.25) is 10.0 Å². The summed E-state index contributed by atoms with van der Waals surface area (Å²) in [7, 11) is -6.97. The van der Waals surface area contributed by atoms with E-state index in [1.807, 2.05) is 0 Å². The molecule has 0 aromatic carbocycles. The van der Waals surface area contributed by atoms with Crippen molar-refractivity contribution in [2.24, 2.45) is 5.73 Å². The molecule has 0 saturated carbocycles. The molecule has 1 atom stereocenters. The Labute approximate surface area is 118 Å². The van der Waals surface area contributed by atoms with Gasteiger partial charge in [0.15, 0.2) is 9.84 Å². The Bertz CT molecular complexity index is 698. The monoisotopic (exact) mass is 319 g/mol. The minimum atomic E-state index is -3.80. The van der Waals surface area contributed by atoms with E-state index in [-0.39, 0.29) is 29.4 Å². The number of nitrogens with zero attached hydrogens (tertiary/aromatic N) is 1. The zero-order chi connectivity index (χ0) is 15.0. The molecule has 9 heteroatoms. The molecule has 1 saturated heterocycles. The maximum absolute atomic E-state index is 12.2. The fourth-order valence-corrected chi connectivity index (χ4v) is 5.73. The van der Waals surface area contributed by atoms with E-state index in [9.17, 15) is 16.8 Å². The van der Waals surface area contributed by atoms with Crippen molar-refractivity contribution in [1.82, 2.24) is 9.71 Å². The highest BCUT2D eigenvalue weighted by Gasteiger charge is 2.41. The molecule has 1 aliphatic rings. The van der Waals surface area contributed by atoms with Crippen LogP contribution >= 0.6 is 0 Å². The fraction of sp³-hybridized carbons (Fsp3) is 0.545. The second kappa shape index (κ2) is 5.06. The van der Waals surface area contributed by atoms with Gasteiger partial charge in [-0.25, -0.2) is 21.6 Å². The van der Waals surface area contributed by atoms with Gasteiger partial charge < -0.3 is 5.73 Å². The van der Waals surface area contributed by atoms with E-state index in [0.717, 1.165) is 0 Å². The number of nitrogens with one attached hydrogen (secondary N) is 1. The van der Waals surface area contributed by atoms with E-state index in [1.165, 1.54) is 18.3 Å². The van der Waals surface area contributed by atoms with Crippen LogP contribution in [0.5, 0.6) is 0 Å². The first-order valence-electron chi connectivity index (χ1n) is 6.05. The lowest BCUT2D eigenvalue weighted by molar-refractivity contribution is 0.461. The lowest BCUT2D eigenvalue weighted by Crippen LogP contribution is -2.46. The second-order valence-corrected chi connectivity index (χ2v) is 9.06. The molecule has 0 aliphatic carbocycles. The largest absolute Gasteiger partial charge is 0.325 e. The van der Waals surface area contributed by atoms with Gasteiger partial charge >= 0.3 is 0 Å². The number of hydrogen-bond donors (Lipinski definition) is 2. The van der Waals surface area contributed by atoms with Gasteiger partial charge in [0.25, 0.3) is 0 Å². The van der Waals surface area contributed by atoms with E-state index in [0.29, 0.717) is 5.69 Å². The van der Waals surface area contributed by atoms with Crippen molar-refractivity contribution in [3.8, 4) is 0 Å². The molecule has 0 bridgehead atoms. The van der Waals surface area contributed by atoms with Crippen LogP contribution in [0.3, 0.4) is 0 Å². The summed E-state index contributed by atoms with van der Waals surface area (Å²) in [4.78, 5) is 3.93. The average Bonchev–Trinajstić information content (AvgIpc) is 2.62. The van der Waals surface area contributed by atoms with E-state index < -0.39 is 25.4 Å². The molecule has 1 fully saturated rings. The van der Waals surface area contributed by atoms with Crippen LogP contribution in [0.15, 0.2) is 23.2 Å². The Balaban J connectivity index is 2.23. The van der Waals surface area contributed by atoms with Crippen LogP contribution in [0.4, 0.5) is 0 Å². The van der Waals surface area contributed by atoms with Gasteiger partial charge in [0.05, 0.1) is 17.2 Å². The molecule has 7 nitrogen and oxygen atoms in total. The van der Waals surface area contributed by atoms with Gasteiger partial charge in [-0.05, 0) is 25.5 Å². The summed E-state index contributed by atoms with van der Waals surface area (Å²) in [6.07, 6.45) is 1.49. The average molecular weight is 319 g/mol. The molecule has 2 heterocycles. The predicted octanol–water partition coefficient (Wildman–Crippen LogP) is -0.604. The van der Waals surface area contributed by atoms with Crippen molar-refractivity contribution < 1.29 is 16.8 Å². The minimum absolute atomic E-state index is 0.000206.